The fourth-order valence-electron chi connectivity index (χ4n) is 3.14. The van der Waals surface area contributed by atoms with E-state index in [1.807, 2.05) is 0 Å². The molecule has 2 aromatic carbocycles. The fourth-order valence-corrected chi connectivity index (χ4v) is 4.85. The molecule has 0 saturated heterocycles. The lowest BCUT2D eigenvalue weighted by atomic mass is 9.92. The number of carboxylic acids is 1. The Bertz CT molecular complexity index is 1040. The number of thiophene rings is 1. The molecule has 1 heterocycles. The average Bonchev–Trinajstić information content (AvgIpc) is 3.10. The van der Waals surface area contributed by atoms with Gasteiger partial charge in [-0.3, -0.25) is 4.79 Å². The molecular formula is C21H18Cl2N2O3S. The minimum absolute atomic E-state index is 0.191. The van der Waals surface area contributed by atoms with Crippen molar-refractivity contribution in [2.45, 2.75) is 12.3 Å². The molecule has 0 fully saturated rings. The second-order valence-corrected chi connectivity index (χ2v) is 8.36. The van der Waals surface area contributed by atoms with E-state index in [1.54, 1.807) is 36.4 Å². The molecular weight excluding hydrogens is 431 g/mol. The average molecular weight is 449 g/mol. The van der Waals surface area contributed by atoms with Gasteiger partial charge in [0.1, 0.15) is 0 Å². The number of amides is 1. The number of hydrogen-bond donors (Lipinski definition) is 3. The number of benzene rings is 2. The summed E-state index contributed by atoms with van der Waals surface area (Å²) in [6, 6.07) is 13.6. The summed E-state index contributed by atoms with van der Waals surface area (Å²) in [7, 11) is 0. The number of halogens is 2. The minimum Gasteiger partial charge on any atom is -0.478 e. The van der Waals surface area contributed by atoms with Gasteiger partial charge in [0, 0.05) is 33.8 Å². The molecule has 1 amide bonds. The maximum atomic E-state index is 11.8. The zero-order valence-electron chi connectivity index (χ0n) is 15.2. The first-order valence-corrected chi connectivity index (χ1v) is 10.3. The predicted octanol–water partition coefficient (Wildman–Crippen LogP) is 4.53. The van der Waals surface area contributed by atoms with Gasteiger partial charge in [-0.05, 0) is 47.0 Å². The van der Waals surface area contributed by atoms with E-state index in [-0.39, 0.29) is 18.0 Å². The van der Waals surface area contributed by atoms with Crippen molar-refractivity contribution in [3.8, 4) is 0 Å². The minimum atomic E-state index is -0.998. The number of rotatable bonds is 7. The number of primary amides is 1. The molecule has 5 N–H and O–H groups in total. The largest absolute Gasteiger partial charge is 0.478 e. The highest BCUT2D eigenvalue weighted by Crippen LogP contribution is 2.37. The molecule has 3 rings (SSSR count). The van der Waals surface area contributed by atoms with Crippen molar-refractivity contribution in [2.75, 3.05) is 6.54 Å². The third-order valence-electron chi connectivity index (χ3n) is 4.63. The smallest absolute Gasteiger partial charge is 0.335 e. The van der Waals surface area contributed by atoms with Crippen LogP contribution in [-0.2, 0) is 6.42 Å². The third kappa shape index (κ3) is 4.62. The molecule has 1 atom stereocenters. The van der Waals surface area contributed by atoms with Gasteiger partial charge in [0.05, 0.1) is 10.4 Å². The summed E-state index contributed by atoms with van der Waals surface area (Å²) in [6.45, 7) is 0.272. The van der Waals surface area contributed by atoms with Gasteiger partial charge in [-0.1, -0.05) is 41.4 Å². The Morgan fingerprint density at radius 3 is 2.21 bits per heavy atom. The van der Waals surface area contributed by atoms with Crippen LogP contribution in [0.5, 0.6) is 0 Å². The summed E-state index contributed by atoms with van der Waals surface area (Å²) in [5, 5.41) is 10.2. The summed E-state index contributed by atoms with van der Waals surface area (Å²) in [4.78, 5) is 24.2. The van der Waals surface area contributed by atoms with Crippen molar-refractivity contribution >= 4 is 46.4 Å². The second-order valence-electron chi connectivity index (χ2n) is 6.46. The molecule has 1 unspecified atom stereocenters. The topological polar surface area (TPSA) is 106 Å². The van der Waals surface area contributed by atoms with Crippen molar-refractivity contribution in [3.63, 3.8) is 0 Å². The Morgan fingerprint density at radius 1 is 1.07 bits per heavy atom. The molecule has 150 valence electrons. The van der Waals surface area contributed by atoms with Crippen molar-refractivity contribution in [3.05, 3.63) is 90.6 Å². The summed E-state index contributed by atoms with van der Waals surface area (Å²) in [5.74, 6) is -1.75. The van der Waals surface area contributed by atoms with Gasteiger partial charge in [0.25, 0.3) is 5.91 Å². The quantitative estimate of drug-likeness (QED) is 0.493. The van der Waals surface area contributed by atoms with Crippen molar-refractivity contribution in [2.24, 2.45) is 11.5 Å². The molecule has 29 heavy (non-hydrogen) atoms. The maximum Gasteiger partial charge on any atom is 0.335 e. The van der Waals surface area contributed by atoms with Crippen LogP contribution in [0.4, 0.5) is 0 Å². The first-order chi connectivity index (χ1) is 13.8. The standard InChI is InChI=1S/C21H18Cl2N2O3S/c22-16-2-1-3-17(23)14(16)8-13-9-18(20(25)26)29-19(13)15(10-24)11-4-6-12(7-5-11)21(27)28/h1-7,9,15H,8,10,24H2,(H2,25,26)(H,27,28). The van der Waals surface area contributed by atoms with Crippen molar-refractivity contribution < 1.29 is 14.7 Å². The van der Waals surface area contributed by atoms with Crippen molar-refractivity contribution in [1.29, 1.82) is 0 Å². The second kappa shape index (κ2) is 8.97. The lowest BCUT2D eigenvalue weighted by Crippen LogP contribution is -2.14. The normalized spacial score (nSPS) is 12.0. The van der Waals surface area contributed by atoms with E-state index < -0.39 is 11.9 Å². The molecule has 0 radical (unpaired) electrons. The number of carbonyl (C=O) groups is 2. The highest BCUT2D eigenvalue weighted by Gasteiger charge is 2.23. The Hall–Kier alpha value is -2.38. The molecule has 0 saturated carbocycles. The predicted molar refractivity (Wildman–Crippen MR) is 116 cm³/mol. The molecule has 1 aromatic heterocycles. The molecule has 0 aliphatic carbocycles. The van der Waals surface area contributed by atoms with E-state index in [0.717, 1.165) is 21.6 Å². The Balaban J connectivity index is 2.06. The fraction of sp³-hybridized carbons (Fsp3) is 0.143. The van der Waals surface area contributed by atoms with Crippen LogP contribution in [0, 0.1) is 0 Å². The molecule has 0 aliphatic rings. The van der Waals surface area contributed by atoms with E-state index in [2.05, 4.69) is 0 Å². The van der Waals surface area contributed by atoms with Crippen LogP contribution in [0.3, 0.4) is 0 Å². The molecule has 8 heteroatoms. The molecule has 0 bridgehead atoms. The van der Waals surface area contributed by atoms with Crippen LogP contribution in [0.2, 0.25) is 10.0 Å². The summed E-state index contributed by atoms with van der Waals surface area (Å²) < 4.78 is 0. The van der Waals surface area contributed by atoms with Crippen LogP contribution in [0.1, 0.15) is 47.5 Å². The van der Waals surface area contributed by atoms with Gasteiger partial charge in [0.15, 0.2) is 0 Å². The number of carboxylic acid groups (broad SMARTS) is 1. The number of nitrogens with two attached hydrogens (primary N) is 2. The maximum absolute atomic E-state index is 11.8. The SMILES string of the molecule is NCC(c1ccc(C(=O)O)cc1)c1sc(C(N)=O)cc1Cc1c(Cl)cccc1Cl. The van der Waals surface area contributed by atoms with E-state index in [1.165, 1.54) is 23.5 Å². The monoisotopic (exact) mass is 448 g/mol. The zero-order chi connectivity index (χ0) is 21.1. The highest BCUT2D eigenvalue weighted by molar-refractivity contribution is 7.14. The Morgan fingerprint density at radius 2 is 1.69 bits per heavy atom. The van der Waals surface area contributed by atoms with E-state index in [0.29, 0.717) is 21.3 Å². The Kier molecular flexibility index (Phi) is 6.59. The van der Waals surface area contributed by atoms with Gasteiger partial charge < -0.3 is 16.6 Å². The highest BCUT2D eigenvalue weighted by atomic mass is 35.5. The van der Waals surface area contributed by atoms with Gasteiger partial charge >= 0.3 is 5.97 Å². The lowest BCUT2D eigenvalue weighted by Gasteiger charge is -2.17. The van der Waals surface area contributed by atoms with E-state index in [4.69, 9.17) is 39.8 Å². The van der Waals surface area contributed by atoms with E-state index in [9.17, 15) is 9.59 Å². The molecule has 0 spiro atoms. The van der Waals surface area contributed by atoms with Crippen LogP contribution in [0.15, 0.2) is 48.5 Å². The van der Waals surface area contributed by atoms with E-state index >= 15 is 0 Å². The Labute approximate surface area is 181 Å². The third-order valence-corrected chi connectivity index (χ3v) is 6.64. The molecule has 0 aliphatic heterocycles. The van der Waals surface area contributed by atoms with Gasteiger partial charge in [-0.2, -0.15) is 0 Å². The summed E-state index contributed by atoms with van der Waals surface area (Å²) >= 11 is 13.9. The van der Waals surface area contributed by atoms with Crippen LogP contribution < -0.4 is 11.5 Å². The first kappa shape index (κ1) is 21.3. The van der Waals surface area contributed by atoms with Crippen LogP contribution >= 0.6 is 34.5 Å². The molecule has 3 aromatic rings. The van der Waals surface area contributed by atoms with Crippen LogP contribution in [-0.4, -0.2) is 23.5 Å². The van der Waals surface area contributed by atoms with Gasteiger partial charge in [-0.25, -0.2) is 4.79 Å². The number of aromatic carboxylic acids is 1. The molecule has 5 nitrogen and oxygen atoms in total. The number of hydrogen-bond acceptors (Lipinski definition) is 4. The van der Waals surface area contributed by atoms with Gasteiger partial charge in [0.2, 0.25) is 0 Å². The summed E-state index contributed by atoms with van der Waals surface area (Å²) in [5.41, 5.74) is 14.2. The van der Waals surface area contributed by atoms with Crippen molar-refractivity contribution in [1.82, 2.24) is 0 Å². The van der Waals surface area contributed by atoms with Crippen LogP contribution in [0.25, 0.3) is 0 Å². The first-order valence-electron chi connectivity index (χ1n) is 8.70. The lowest BCUT2D eigenvalue weighted by molar-refractivity contribution is 0.0696. The number of carbonyl (C=O) groups excluding carboxylic acids is 1. The van der Waals surface area contributed by atoms with Gasteiger partial charge in [-0.15, -0.1) is 11.3 Å². The summed E-state index contributed by atoms with van der Waals surface area (Å²) in [6.07, 6.45) is 0.418. The zero-order valence-corrected chi connectivity index (χ0v) is 17.5.